The predicted octanol–water partition coefficient (Wildman–Crippen LogP) is 3.72. The van der Waals surface area contributed by atoms with E-state index < -0.39 is 0 Å². The fourth-order valence-electron chi connectivity index (χ4n) is 2.48. The number of benzene rings is 1. The van der Waals surface area contributed by atoms with Gasteiger partial charge in [-0.1, -0.05) is 43.1 Å². The number of carbonyl (C=O) groups is 1. The highest BCUT2D eigenvalue weighted by Gasteiger charge is 2.36. The summed E-state index contributed by atoms with van der Waals surface area (Å²) in [7, 11) is 0. The lowest BCUT2D eigenvalue weighted by molar-refractivity contribution is -0.137. The standard InChI is InChI=1S/C16H22Cl2N2O/c1-10(2)13(8-19)16(21)20(12-4-5-12)9-11-3-6-14(17)15(18)7-11/h3,6-7,10,12-13H,4-5,8-9,19H2,1-2H3. The molecule has 1 atom stereocenters. The Morgan fingerprint density at radius 3 is 2.48 bits per heavy atom. The van der Waals surface area contributed by atoms with Gasteiger partial charge >= 0.3 is 0 Å². The zero-order valence-electron chi connectivity index (χ0n) is 12.5. The molecule has 1 fully saturated rings. The lowest BCUT2D eigenvalue weighted by Gasteiger charge is -2.29. The van der Waals surface area contributed by atoms with Crippen LogP contribution < -0.4 is 5.73 Å². The van der Waals surface area contributed by atoms with Gasteiger partial charge in [-0.25, -0.2) is 0 Å². The molecule has 0 spiro atoms. The van der Waals surface area contributed by atoms with Crippen molar-refractivity contribution in [3.63, 3.8) is 0 Å². The van der Waals surface area contributed by atoms with Crippen LogP contribution in [-0.2, 0) is 11.3 Å². The molecule has 0 bridgehead atoms. The van der Waals surface area contributed by atoms with E-state index in [-0.39, 0.29) is 17.7 Å². The van der Waals surface area contributed by atoms with Gasteiger partial charge in [0.2, 0.25) is 5.91 Å². The fraction of sp³-hybridized carbons (Fsp3) is 0.562. The van der Waals surface area contributed by atoms with Crippen LogP contribution >= 0.6 is 23.2 Å². The third kappa shape index (κ3) is 4.12. The lowest BCUT2D eigenvalue weighted by Crippen LogP contribution is -2.42. The van der Waals surface area contributed by atoms with E-state index in [2.05, 4.69) is 0 Å². The molecule has 0 radical (unpaired) electrons. The molecule has 1 aromatic rings. The van der Waals surface area contributed by atoms with Gasteiger partial charge < -0.3 is 10.6 Å². The van der Waals surface area contributed by atoms with E-state index in [9.17, 15) is 4.79 Å². The zero-order valence-corrected chi connectivity index (χ0v) is 14.0. The predicted molar refractivity (Wildman–Crippen MR) is 87.4 cm³/mol. The van der Waals surface area contributed by atoms with Crippen molar-refractivity contribution in [1.29, 1.82) is 0 Å². The average molecular weight is 329 g/mol. The van der Waals surface area contributed by atoms with Crippen LogP contribution in [0.3, 0.4) is 0 Å². The van der Waals surface area contributed by atoms with Crippen molar-refractivity contribution in [3.8, 4) is 0 Å². The topological polar surface area (TPSA) is 46.3 Å². The van der Waals surface area contributed by atoms with Crippen LogP contribution in [-0.4, -0.2) is 23.4 Å². The summed E-state index contributed by atoms with van der Waals surface area (Å²) in [5, 5.41) is 1.06. The zero-order chi connectivity index (χ0) is 15.6. The maximum Gasteiger partial charge on any atom is 0.227 e. The van der Waals surface area contributed by atoms with Crippen molar-refractivity contribution >= 4 is 29.1 Å². The first-order valence-electron chi connectivity index (χ1n) is 7.38. The van der Waals surface area contributed by atoms with Gasteiger partial charge in [0.15, 0.2) is 0 Å². The maximum absolute atomic E-state index is 12.7. The molecule has 0 saturated heterocycles. The van der Waals surface area contributed by atoms with E-state index in [4.69, 9.17) is 28.9 Å². The maximum atomic E-state index is 12.7. The number of nitrogens with zero attached hydrogens (tertiary/aromatic N) is 1. The first kappa shape index (κ1) is 16.6. The molecule has 21 heavy (non-hydrogen) atoms. The van der Waals surface area contributed by atoms with Gasteiger partial charge in [-0.2, -0.15) is 0 Å². The molecule has 116 valence electrons. The Morgan fingerprint density at radius 1 is 1.33 bits per heavy atom. The minimum absolute atomic E-state index is 0.117. The Labute approximate surface area is 136 Å². The molecule has 1 unspecified atom stereocenters. The van der Waals surface area contributed by atoms with Crippen LogP contribution in [0.25, 0.3) is 0 Å². The summed E-state index contributed by atoms with van der Waals surface area (Å²) in [6.07, 6.45) is 2.14. The molecule has 2 N–H and O–H groups in total. The highest BCUT2D eigenvalue weighted by atomic mass is 35.5. The van der Waals surface area contributed by atoms with E-state index in [0.29, 0.717) is 29.2 Å². The van der Waals surface area contributed by atoms with Crippen LogP contribution in [0, 0.1) is 11.8 Å². The van der Waals surface area contributed by atoms with Gasteiger partial charge in [0.25, 0.3) is 0 Å². The van der Waals surface area contributed by atoms with Gasteiger partial charge in [-0.05, 0) is 36.5 Å². The minimum atomic E-state index is -0.117. The number of halogens is 2. The van der Waals surface area contributed by atoms with E-state index in [1.165, 1.54) is 0 Å². The van der Waals surface area contributed by atoms with Crippen molar-refractivity contribution in [1.82, 2.24) is 4.90 Å². The average Bonchev–Trinajstić information content (AvgIpc) is 3.24. The summed E-state index contributed by atoms with van der Waals surface area (Å²) in [4.78, 5) is 14.7. The van der Waals surface area contributed by atoms with Gasteiger partial charge in [-0.3, -0.25) is 4.79 Å². The Balaban J connectivity index is 2.15. The number of hydrogen-bond donors (Lipinski definition) is 1. The highest BCUT2D eigenvalue weighted by molar-refractivity contribution is 6.42. The van der Waals surface area contributed by atoms with E-state index >= 15 is 0 Å². The van der Waals surface area contributed by atoms with Crippen LogP contribution in [0.4, 0.5) is 0 Å². The van der Waals surface area contributed by atoms with Crippen molar-refractivity contribution in [3.05, 3.63) is 33.8 Å². The second-order valence-corrected chi connectivity index (χ2v) is 6.85. The minimum Gasteiger partial charge on any atom is -0.335 e. The number of hydrogen-bond acceptors (Lipinski definition) is 2. The summed E-state index contributed by atoms with van der Waals surface area (Å²) in [5.74, 6) is 0.284. The molecule has 0 aliphatic heterocycles. The summed E-state index contributed by atoms with van der Waals surface area (Å²) in [6, 6.07) is 5.88. The third-order valence-corrected chi connectivity index (χ3v) is 4.72. The second-order valence-electron chi connectivity index (χ2n) is 6.03. The van der Waals surface area contributed by atoms with E-state index in [0.717, 1.165) is 18.4 Å². The number of rotatable bonds is 6. The van der Waals surface area contributed by atoms with Crippen molar-refractivity contribution in [2.75, 3.05) is 6.54 Å². The number of carbonyl (C=O) groups excluding carboxylic acids is 1. The van der Waals surface area contributed by atoms with Crippen LogP contribution in [0.2, 0.25) is 10.0 Å². The molecule has 1 amide bonds. The van der Waals surface area contributed by atoms with Crippen LogP contribution in [0.15, 0.2) is 18.2 Å². The molecule has 1 aliphatic carbocycles. The molecule has 2 rings (SSSR count). The number of amides is 1. The molecule has 0 heterocycles. The van der Waals surface area contributed by atoms with Crippen molar-refractivity contribution < 1.29 is 4.79 Å². The molecule has 1 aliphatic rings. The molecule has 5 heteroatoms. The lowest BCUT2D eigenvalue weighted by atomic mass is 9.94. The molecular weight excluding hydrogens is 307 g/mol. The van der Waals surface area contributed by atoms with E-state index in [1.54, 1.807) is 6.07 Å². The monoisotopic (exact) mass is 328 g/mol. The quantitative estimate of drug-likeness (QED) is 0.865. The van der Waals surface area contributed by atoms with Gasteiger partial charge in [0, 0.05) is 19.1 Å². The van der Waals surface area contributed by atoms with E-state index in [1.807, 2.05) is 30.9 Å². The van der Waals surface area contributed by atoms with Gasteiger partial charge in [0.1, 0.15) is 0 Å². The second kappa shape index (κ2) is 6.99. The first-order chi connectivity index (χ1) is 9.93. The molecule has 1 aromatic carbocycles. The molecule has 1 saturated carbocycles. The first-order valence-corrected chi connectivity index (χ1v) is 8.14. The summed E-state index contributed by atoms with van der Waals surface area (Å²) in [5.41, 5.74) is 6.79. The number of nitrogens with two attached hydrogens (primary N) is 1. The third-order valence-electron chi connectivity index (χ3n) is 3.98. The normalized spacial score (nSPS) is 16.1. The Morgan fingerprint density at radius 2 is 2.00 bits per heavy atom. The van der Waals surface area contributed by atoms with Gasteiger partial charge in [0.05, 0.1) is 16.0 Å². The summed E-state index contributed by atoms with van der Waals surface area (Å²) >= 11 is 12.0. The SMILES string of the molecule is CC(C)C(CN)C(=O)N(Cc1ccc(Cl)c(Cl)c1)C1CC1. The Bertz CT molecular complexity index is 515. The smallest absolute Gasteiger partial charge is 0.227 e. The Kier molecular flexibility index (Phi) is 5.53. The molecular formula is C16H22Cl2N2O. The van der Waals surface area contributed by atoms with Crippen molar-refractivity contribution in [2.24, 2.45) is 17.6 Å². The summed E-state index contributed by atoms with van der Waals surface area (Å²) < 4.78 is 0. The summed E-state index contributed by atoms with van der Waals surface area (Å²) in [6.45, 7) is 5.05. The van der Waals surface area contributed by atoms with Gasteiger partial charge in [-0.15, -0.1) is 0 Å². The fourth-order valence-corrected chi connectivity index (χ4v) is 2.80. The molecule has 3 nitrogen and oxygen atoms in total. The largest absolute Gasteiger partial charge is 0.335 e. The van der Waals surface area contributed by atoms with Crippen LogP contribution in [0.5, 0.6) is 0 Å². The van der Waals surface area contributed by atoms with Crippen molar-refractivity contribution in [2.45, 2.75) is 39.3 Å². The molecule has 0 aromatic heterocycles. The Hall–Kier alpha value is -0.770. The van der Waals surface area contributed by atoms with Crippen LogP contribution in [0.1, 0.15) is 32.3 Å². The highest BCUT2D eigenvalue weighted by Crippen LogP contribution is 2.32.